The van der Waals surface area contributed by atoms with Gasteiger partial charge < -0.3 is 19.2 Å². The molecule has 0 aliphatic carbocycles. The smallest absolute Gasteiger partial charge is 0.328 e. The van der Waals surface area contributed by atoms with Crippen molar-refractivity contribution < 1.29 is 23.5 Å². The molecule has 1 N–H and O–H groups in total. The predicted octanol–water partition coefficient (Wildman–Crippen LogP) is 3.67. The van der Waals surface area contributed by atoms with E-state index in [-0.39, 0.29) is 12.5 Å². The molecule has 1 amide bonds. The molecular weight excluding hydrogens is 392 g/mol. The number of rotatable bonds is 8. The van der Waals surface area contributed by atoms with Gasteiger partial charge in [0.2, 0.25) is 5.91 Å². The molecule has 3 aromatic rings. The second-order valence-corrected chi connectivity index (χ2v) is 6.92. The molecule has 0 bridgehead atoms. The number of hydrogen-bond acceptors (Lipinski definition) is 7. The van der Waals surface area contributed by atoms with Gasteiger partial charge in [-0.15, -0.1) is 11.3 Å². The summed E-state index contributed by atoms with van der Waals surface area (Å²) in [4.78, 5) is 28.5. The van der Waals surface area contributed by atoms with Crippen molar-refractivity contribution in [3.8, 4) is 16.5 Å². The number of ether oxygens (including phenoxy) is 2. The van der Waals surface area contributed by atoms with Crippen LogP contribution >= 0.6 is 11.3 Å². The Balaban J connectivity index is 1.45. The first-order valence-electron chi connectivity index (χ1n) is 8.82. The number of thiazole rings is 1. The van der Waals surface area contributed by atoms with Gasteiger partial charge in [-0.3, -0.25) is 4.79 Å². The Kier molecular flexibility index (Phi) is 6.80. The molecule has 0 aliphatic rings. The Labute approximate surface area is 172 Å². The highest BCUT2D eigenvalue weighted by atomic mass is 32.1. The summed E-state index contributed by atoms with van der Waals surface area (Å²) in [5, 5.41) is 5.09. The topological polar surface area (TPSA) is 90.7 Å². The Bertz CT molecular complexity index is 977. The number of aromatic nitrogens is 1. The van der Waals surface area contributed by atoms with Crippen molar-refractivity contribution in [2.45, 2.75) is 19.6 Å². The van der Waals surface area contributed by atoms with Crippen molar-refractivity contribution in [2.75, 3.05) is 7.11 Å². The molecule has 29 heavy (non-hydrogen) atoms. The van der Waals surface area contributed by atoms with Crippen LogP contribution in [0.2, 0.25) is 0 Å². The van der Waals surface area contributed by atoms with Crippen LogP contribution in [-0.2, 0) is 20.9 Å². The molecule has 0 radical (unpaired) electrons. The van der Waals surface area contributed by atoms with E-state index in [9.17, 15) is 9.59 Å². The predicted molar refractivity (Wildman–Crippen MR) is 109 cm³/mol. The molecule has 2 aromatic heterocycles. The van der Waals surface area contributed by atoms with Crippen LogP contribution in [0.15, 0.2) is 58.5 Å². The van der Waals surface area contributed by atoms with E-state index in [2.05, 4.69) is 10.3 Å². The number of hydrogen-bond donors (Lipinski definition) is 1. The maximum Gasteiger partial charge on any atom is 0.328 e. The molecule has 150 valence electrons. The van der Waals surface area contributed by atoms with E-state index < -0.39 is 12.0 Å². The largest absolute Gasteiger partial charge is 0.497 e. The Morgan fingerprint density at radius 2 is 2.07 bits per heavy atom. The number of benzene rings is 1. The number of carbonyl (C=O) groups is 2. The zero-order chi connectivity index (χ0) is 20.6. The van der Waals surface area contributed by atoms with E-state index >= 15 is 0 Å². The Morgan fingerprint density at radius 3 is 2.76 bits per heavy atom. The van der Waals surface area contributed by atoms with Gasteiger partial charge in [-0.25, -0.2) is 9.78 Å². The third-order valence-electron chi connectivity index (χ3n) is 3.90. The summed E-state index contributed by atoms with van der Waals surface area (Å²) < 4.78 is 15.6. The molecule has 0 spiro atoms. The zero-order valence-electron chi connectivity index (χ0n) is 16.0. The van der Waals surface area contributed by atoms with Crippen LogP contribution in [0.25, 0.3) is 16.8 Å². The average Bonchev–Trinajstić information content (AvgIpc) is 3.42. The number of nitrogens with one attached hydrogen (secondary N) is 1. The lowest BCUT2D eigenvalue weighted by atomic mass is 10.2. The zero-order valence-corrected chi connectivity index (χ0v) is 16.8. The minimum atomic E-state index is -0.786. The molecule has 0 saturated carbocycles. The van der Waals surface area contributed by atoms with Crippen LogP contribution in [0.1, 0.15) is 18.2 Å². The standard InChI is InChI=1S/C21H20N2O5S/c1-14(22-19(24)10-7-15-5-8-17(26-2)9-6-15)21(25)28-12-16-13-29-20(23-16)18-4-3-11-27-18/h3-11,13-14H,12H2,1-2H3,(H,22,24)/b10-7+/t14-/m0/s1. The normalized spacial score (nSPS) is 11.9. The third kappa shape index (κ3) is 5.79. The summed E-state index contributed by atoms with van der Waals surface area (Å²) in [5.41, 5.74) is 1.46. The van der Waals surface area contributed by atoms with Gasteiger partial charge in [-0.2, -0.15) is 0 Å². The average molecular weight is 412 g/mol. The molecule has 8 heteroatoms. The van der Waals surface area contributed by atoms with Crippen molar-refractivity contribution in [2.24, 2.45) is 0 Å². The number of esters is 1. The van der Waals surface area contributed by atoms with E-state index in [1.807, 2.05) is 18.2 Å². The third-order valence-corrected chi connectivity index (χ3v) is 4.81. The lowest BCUT2D eigenvalue weighted by molar-refractivity contribution is -0.148. The van der Waals surface area contributed by atoms with E-state index in [4.69, 9.17) is 13.9 Å². The fourth-order valence-electron chi connectivity index (χ4n) is 2.36. The molecule has 3 rings (SSSR count). The van der Waals surface area contributed by atoms with Gasteiger partial charge in [-0.1, -0.05) is 12.1 Å². The van der Waals surface area contributed by atoms with Crippen LogP contribution in [0, 0.1) is 0 Å². The maximum atomic E-state index is 12.1. The summed E-state index contributed by atoms with van der Waals surface area (Å²) in [6.45, 7) is 1.59. The van der Waals surface area contributed by atoms with Gasteiger partial charge in [0.05, 0.1) is 19.1 Å². The van der Waals surface area contributed by atoms with Crippen LogP contribution < -0.4 is 10.1 Å². The molecule has 7 nitrogen and oxygen atoms in total. The van der Waals surface area contributed by atoms with Gasteiger partial charge >= 0.3 is 5.97 Å². The van der Waals surface area contributed by atoms with Crippen LogP contribution in [0.5, 0.6) is 5.75 Å². The molecule has 0 unspecified atom stereocenters. The molecule has 0 fully saturated rings. The second-order valence-electron chi connectivity index (χ2n) is 6.07. The van der Waals surface area contributed by atoms with E-state index in [1.165, 1.54) is 17.4 Å². The lowest BCUT2D eigenvalue weighted by Gasteiger charge is -2.11. The van der Waals surface area contributed by atoms with E-state index in [0.717, 1.165) is 11.3 Å². The van der Waals surface area contributed by atoms with Gasteiger partial charge in [0.15, 0.2) is 10.8 Å². The molecule has 0 saturated heterocycles. The molecular formula is C21H20N2O5S. The van der Waals surface area contributed by atoms with Crippen molar-refractivity contribution in [3.63, 3.8) is 0 Å². The first-order chi connectivity index (χ1) is 14.0. The number of amides is 1. The van der Waals surface area contributed by atoms with Crippen LogP contribution in [0.3, 0.4) is 0 Å². The highest BCUT2D eigenvalue weighted by Gasteiger charge is 2.17. The van der Waals surface area contributed by atoms with Crippen molar-refractivity contribution in [1.82, 2.24) is 10.3 Å². The first-order valence-corrected chi connectivity index (χ1v) is 9.70. The minimum absolute atomic E-state index is 0.0257. The van der Waals surface area contributed by atoms with Gasteiger partial charge in [-0.05, 0) is 42.8 Å². The van der Waals surface area contributed by atoms with Crippen molar-refractivity contribution >= 4 is 29.3 Å². The summed E-state index contributed by atoms with van der Waals surface area (Å²) in [6, 6.07) is 10.1. The van der Waals surface area contributed by atoms with Gasteiger partial charge in [0, 0.05) is 11.5 Å². The Hall–Kier alpha value is -3.39. The fraction of sp³-hybridized carbons (Fsp3) is 0.190. The Morgan fingerprint density at radius 1 is 1.28 bits per heavy atom. The molecule has 2 heterocycles. The monoisotopic (exact) mass is 412 g/mol. The minimum Gasteiger partial charge on any atom is -0.497 e. The quantitative estimate of drug-likeness (QED) is 0.448. The number of furan rings is 1. The van der Waals surface area contributed by atoms with Crippen LogP contribution in [-0.4, -0.2) is 30.0 Å². The molecule has 0 aliphatic heterocycles. The first kappa shape index (κ1) is 20.3. The van der Waals surface area contributed by atoms with E-state index in [0.29, 0.717) is 16.5 Å². The fourth-order valence-corrected chi connectivity index (χ4v) is 3.13. The SMILES string of the molecule is COc1ccc(/C=C/C(=O)N[C@@H](C)C(=O)OCc2csc(-c3ccco3)n2)cc1. The highest BCUT2D eigenvalue weighted by Crippen LogP contribution is 2.24. The number of methoxy groups -OCH3 is 1. The maximum absolute atomic E-state index is 12.1. The lowest BCUT2D eigenvalue weighted by Crippen LogP contribution is -2.38. The molecule has 1 atom stereocenters. The van der Waals surface area contributed by atoms with Crippen LogP contribution in [0.4, 0.5) is 0 Å². The summed E-state index contributed by atoms with van der Waals surface area (Å²) in [6.07, 6.45) is 4.59. The summed E-state index contributed by atoms with van der Waals surface area (Å²) >= 11 is 1.40. The van der Waals surface area contributed by atoms with Crippen molar-refractivity contribution in [3.05, 3.63) is 65.4 Å². The van der Waals surface area contributed by atoms with Crippen molar-refractivity contribution in [1.29, 1.82) is 0 Å². The second kappa shape index (κ2) is 9.70. The highest BCUT2D eigenvalue weighted by molar-refractivity contribution is 7.13. The van der Waals surface area contributed by atoms with Gasteiger partial charge in [0.1, 0.15) is 18.4 Å². The van der Waals surface area contributed by atoms with Gasteiger partial charge in [0.25, 0.3) is 0 Å². The summed E-state index contributed by atoms with van der Waals surface area (Å²) in [5.74, 6) is 0.471. The number of carbonyl (C=O) groups excluding carboxylic acids is 2. The number of nitrogens with zero attached hydrogens (tertiary/aromatic N) is 1. The molecule has 1 aromatic carbocycles. The van der Waals surface area contributed by atoms with E-state index in [1.54, 1.807) is 50.0 Å². The summed E-state index contributed by atoms with van der Waals surface area (Å²) in [7, 11) is 1.59.